The molecule has 1 saturated heterocycles. The van der Waals surface area contributed by atoms with Gasteiger partial charge in [-0.3, -0.25) is 4.79 Å². The number of nitrogens with zero attached hydrogens (tertiary/aromatic N) is 1. The van der Waals surface area contributed by atoms with Crippen molar-refractivity contribution < 1.29 is 28.9 Å². The number of halogens is 1. The predicted octanol–water partition coefficient (Wildman–Crippen LogP) is 3.33. The second-order valence-corrected chi connectivity index (χ2v) is 9.90. The lowest BCUT2D eigenvalue weighted by Gasteiger charge is -2.44. The van der Waals surface area contributed by atoms with Crippen molar-refractivity contribution in [3.8, 4) is 11.1 Å². The van der Waals surface area contributed by atoms with Crippen LogP contribution in [0.25, 0.3) is 11.1 Å². The zero-order valence-corrected chi connectivity index (χ0v) is 22.3. The van der Waals surface area contributed by atoms with Gasteiger partial charge >= 0.3 is 6.09 Å². The minimum atomic E-state index is -1.50. The molecule has 0 bridgehead atoms. The van der Waals surface area contributed by atoms with E-state index in [1.807, 2.05) is 31.2 Å². The van der Waals surface area contributed by atoms with Crippen LogP contribution in [-0.4, -0.2) is 66.5 Å². The van der Waals surface area contributed by atoms with Gasteiger partial charge in [-0.05, 0) is 54.9 Å². The maximum Gasteiger partial charge on any atom is 0.406 e. The molecule has 38 heavy (non-hydrogen) atoms. The van der Waals surface area contributed by atoms with Gasteiger partial charge in [-0.25, -0.2) is 9.18 Å². The van der Waals surface area contributed by atoms with Gasteiger partial charge in [0.2, 0.25) is 5.91 Å². The number of hydrogen-bond donors (Lipinski definition) is 4. The summed E-state index contributed by atoms with van der Waals surface area (Å²) in [4.78, 5) is 26.1. The number of aryl methyl sites for hydroxylation is 1. The Balaban J connectivity index is 2.00. The number of aliphatic hydroxyl groups is 2. The highest BCUT2D eigenvalue weighted by atomic mass is 19.1. The lowest BCUT2D eigenvalue weighted by molar-refractivity contribution is -0.138. The van der Waals surface area contributed by atoms with E-state index in [-0.39, 0.29) is 38.4 Å². The van der Waals surface area contributed by atoms with Crippen LogP contribution in [0.4, 0.5) is 9.18 Å². The summed E-state index contributed by atoms with van der Waals surface area (Å²) in [5.41, 5.74) is 6.49. The molecule has 3 unspecified atom stereocenters. The minimum Gasteiger partial charge on any atom is -0.450 e. The number of carbonyl (C=O) groups is 2. The van der Waals surface area contributed by atoms with E-state index in [1.54, 1.807) is 17.0 Å². The molecule has 1 aliphatic heterocycles. The molecule has 2 aromatic rings. The van der Waals surface area contributed by atoms with Crippen LogP contribution < -0.4 is 11.1 Å². The SMILES string of the molecule is CCc1cccc(-c2c(F)cccc2C(O)(CCCOC(=O)NC)C2CCCN(C(=O)CC(O)CN)C2)c1. The molecule has 3 atom stereocenters. The highest BCUT2D eigenvalue weighted by Crippen LogP contribution is 2.44. The summed E-state index contributed by atoms with van der Waals surface area (Å²) >= 11 is 0. The molecular formula is C29H40FN3O5. The molecule has 0 saturated carbocycles. The molecule has 0 spiro atoms. The number of benzene rings is 2. The molecule has 2 amide bonds. The average molecular weight is 530 g/mol. The number of alkyl carbamates (subject to hydrolysis) is 1. The number of hydrogen-bond acceptors (Lipinski definition) is 6. The summed E-state index contributed by atoms with van der Waals surface area (Å²) in [6.45, 7) is 2.86. The van der Waals surface area contributed by atoms with Gasteiger partial charge < -0.3 is 30.9 Å². The Labute approximate surface area is 224 Å². The monoisotopic (exact) mass is 529 g/mol. The lowest BCUT2D eigenvalue weighted by Crippen LogP contribution is -2.49. The van der Waals surface area contributed by atoms with Crippen molar-refractivity contribution in [2.75, 3.05) is 33.3 Å². The summed E-state index contributed by atoms with van der Waals surface area (Å²) in [5, 5.41) is 24.7. The third kappa shape index (κ3) is 7.09. The molecule has 8 nitrogen and oxygen atoms in total. The van der Waals surface area contributed by atoms with Gasteiger partial charge in [-0.2, -0.15) is 0 Å². The summed E-state index contributed by atoms with van der Waals surface area (Å²) < 4.78 is 20.7. The summed E-state index contributed by atoms with van der Waals surface area (Å²) in [7, 11) is 1.47. The zero-order chi connectivity index (χ0) is 27.7. The molecule has 3 rings (SSSR count). The molecule has 0 aromatic heterocycles. The number of aliphatic hydroxyl groups excluding tert-OH is 1. The van der Waals surface area contributed by atoms with Crippen LogP contribution in [0.5, 0.6) is 0 Å². The number of nitrogens with two attached hydrogens (primary N) is 1. The van der Waals surface area contributed by atoms with Crippen LogP contribution in [0, 0.1) is 11.7 Å². The molecular weight excluding hydrogens is 489 g/mol. The first-order valence-corrected chi connectivity index (χ1v) is 13.3. The first kappa shape index (κ1) is 29.5. The van der Waals surface area contributed by atoms with E-state index in [9.17, 15) is 19.8 Å². The molecule has 1 heterocycles. The number of rotatable bonds is 11. The number of carbonyl (C=O) groups excluding carboxylic acids is 2. The van der Waals surface area contributed by atoms with E-state index in [4.69, 9.17) is 10.5 Å². The van der Waals surface area contributed by atoms with Gasteiger partial charge in [0, 0.05) is 38.2 Å². The van der Waals surface area contributed by atoms with Crippen LogP contribution in [0.3, 0.4) is 0 Å². The van der Waals surface area contributed by atoms with Crippen molar-refractivity contribution in [3.63, 3.8) is 0 Å². The fourth-order valence-electron chi connectivity index (χ4n) is 5.27. The molecule has 9 heteroatoms. The Morgan fingerprint density at radius 1 is 1.29 bits per heavy atom. The maximum absolute atomic E-state index is 15.5. The second kappa shape index (κ2) is 13.7. The van der Waals surface area contributed by atoms with E-state index < -0.39 is 29.5 Å². The molecule has 0 radical (unpaired) electrons. The zero-order valence-electron chi connectivity index (χ0n) is 22.3. The summed E-state index contributed by atoms with van der Waals surface area (Å²) in [6.07, 6.45) is 1.03. The van der Waals surface area contributed by atoms with Crippen molar-refractivity contribution in [3.05, 3.63) is 59.4 Å². The Morgan fingerprint density at radius 2 is 2.05 bits per heavy atom. The highest BCUT2D eigenvalue weighted by Gasteiger charge is 2.43. The Hall–Kier alpha value is -3.01. The van der Waals surface area contributed by atoms with Gasteiger partial charge in [0.15, 0.2) is 0 Å². The lowest BCUT2D eigenvalue weighted by atomic mass is 9.72. The smallest absolute Gasteiger partial charge is 0.406 e. The molecule has 1 aliphatic rings. The minimum absolute atomic E-state index is 0.0121. The average Bonchev–Trinajstić information content (AvgIpc) is 2.94. The number of likely N-dealkylation sites (tertiary alicyclic amines) is 1. The first-order valence-electron chi connectivity index (χ1n) is 13.3. The summed E-state index contributed by atoms with van der Waals surface area (Å²) in [5.74, 6) is -1.07. The summed E-state index contributed by atoms with van der Waals surface area (Å²) in [6, 6.07) is 12.3. The van der Waals surface area contributed by atoms with E-state index >= 15 is 4.39 Å². The Morgan fingerprint density at radius 3 is 2.76 bits per heavy atom. The molecule has 1 fully saturated rings. The molecule has 208 valence electrons. The van der Waals surface area contributed by atoms with Gasteiger partial charge in [-0.1, -0.05) is 43.3 Å². The molecule has 2 aromatic carbocycles. The van der Waals surface area contributed by atoms with Crippen LogP contribution in [0.1, 0.15) is 50.2 Å². The van der Waals surface area contributed by atoms with E-state index in [1.165, 1.54) is 13.1 Å². The number of piperidine rings is 1. The van der Waals surface area contributed by atoms with Gasteiger partial charge in [0.25, 0.3) is 0 Å². The third-order valence-electron chi connectivity index (χ3n) is 7.38. The van der Waals surface area contributed by atoms with Crippen LogP contribution in [-0.2, 0) is 21.6 Å². The van der Waals surface area contributed by atoms with Crippen molar-refractivity contribution in [2.45, 2.75) is 57.2 Å². The number of nitrogens with one attached hydrogen (secondary N) is 1. The largest absolute Gasteiger partial charge is 0.450 e. The fourth-order valence-corrected chi connectivity index (χ4v) is 5.27. The predicted molar refractivity (Wildman–Crippen MR) is 144 cm³/mol. The van der Waals surface area contributed by atoms with Gasteiger partial charge in [0.05, 0.1) is 24.7 Å². The van der Waals surface area contributed by atoms with Crippen LogP contribution >= 0.6 is 0 Å². The van der Waals surface area contributed by atoms with Crippen LogP contribution in [0.2, 0.25) is 0 Å². The number of amides is 2. The standard InChI is InChI=1S/C29H40FN3O5/c1-3-20-8-4-9-21(16-20)27-24(11-5-12-25(27)30)29(37,13-7-15-38-28(36)32-2)22-10-6-14-33(19-22)26(35)17-23(34)18-31/h4-5,8-9,11-12,16,22-23,34,37H,3,6-7,10,13-15,17-19,31H2,1-2H3,(H,32,36). The molecule has 0 aliphatic carbocycles. The third-order valence-corrected chi connectivity index (χ3v) is 7.38. The van der Waals surface area contributed by atoms with Gasteiger partial charge in [0.1, 0.15) is 5.82 Å². The maximum atomic E-state index is 15.5. The van der Waals surface area contributed by atoms with Gasteiger partial charge in [-0.15, -0.1) is 0 Å². The normalized spacial score (nSPS) is 17.9. The fraction of sp³-hybridized carbons (Fsp3) is 0.517. The van der Waals surface area contributed by atoms with Crippen molar-refractivity contribution in [1.29, 1.82) is 0 Å². The second-order valence-electron chi connectivity index (χ2n) is 9.90. The molecule has 5 N–H and O–H groups in total. The van der Waals surface area contributed by atoms with Crippen LogP contribution in [0.15, 0.2) is 42.5 Å². The van der Waals surface area contributed by atoms with Crippen molar-refractivity contribution in [2.24, 2.45) is 11.7 Å². The van der Waals surface area contributed by atoms with E-state index in [0.29, 0.717) is 42.5 Å². The van der Waals surface area contributed by atoms with Crippen molar-refractivity contribution in [1.82, 2.24) is 10.2 Å². The Bertz CT molecular complexity index is 1100. The Kier molecular flexibility index (Phi) is 10.6. The quantitative estimate of drug-likeness (QED) is 0.331. The number of ether oxygens (including phenoxy) is 1. The van der Waals surface area contributed by atoms with Crippen molar-refractivity contribution >= 4 is 12.0 Å². The van der Waals surface area contributed by atoms with E-state index in [2.05, 4.69) is 5.32 Å². The van der Waals surface area contributed by atoms with E-state index in [0.717, 1.165) is 12.0 Å². The topological polar surface area (TPSA) is 125 Å². The highest BCUT2D eigenvalue weighted by molar-refractivity contribution is 5.77. The first-order chi connectivity index (χ1) is 18.2.